The van der Waals surface area contributed by atoms with Gasteiger partial charge in [0.05, 0.1) is 25.4 Å². The molecule has 3 aliphatic rings. The van der Waals surface area contributed by atoms with Crippen LogP contribution in [0.3, 0.4) is 0 Å². The van der Waals surface area contributed by atoms with E-state index in [-0.39, 0.29) is 0 Å². The molecule has 1 spiro atoms. The largest absolute Gasteiger partial charge is 0.343 e. The van der Waals surface area contributed by atoms with Crippen LogP contribution in [0.5, 0.6) is 0 Å². The van der Waals surface area contributed by atoms with Gasteiger partial charge in [-0.15, -0.1) is 0 Å². The Morgan fingerprint density at radius 2 is 1.74 bits per heavy atom. The Morgan fingerprint density at radius 3 is 2.17 bits per heavy atom. The SMILES string of the molecule is CCOC1(OCC)[NH+]=C(N)[C@]2(C#N)C3(CCC(C)CC3)[C@]12C#N. The first kappa shape index (κ1) is 16.2. The maximum atomic E-state index is 10.2. The lowest BCUT2D eigenvalue weighted by molar-refractivity contribution is -0.695. The summed E-state index contributed by atoms with van der Waals surface area (Å²) in [6.45, 7) is 6.67. The fourth-order valence-corrected chi connectivity index (χ4v) is 5.34. The standard InChI is InChI=1S/C17H24N4O2/c1-4-22-17(23-5-2)16(11-19)14(8-6-12(3)7-9-14)15(16,10-18)13(20)21-17/h12H,4-9H2,1-3H3,(H2,20,21)/p+1/t12?,14?,15-,16+/m1/s1. The van der Waals surface area contributed by atoms with E-state index in [0.29, 0.717) is 25.0 Å². The third-order valence-corrected chi connectivity index (χ3v) is 6.29. The van der Waals surface area contributed by atoms with E-state index in [1.807, 2.05) is 13.8 Å². The molecular formula is C17H25N4O2+. The molecule has 1 heterocycles. The van der Waals surface area contributed by atoms with E-state index in [0.717, 1.165) is 25.7 Å². The maximum absolute atomic E-state index is 10.2. The van der Waals surface area contributed by atoms with Gasteiger partial charge in [0.15, 0.2) is 10.8 Å². The molecule has 0 radical (unpaired) electrons. The molecule has 0 bridgehead atoms. The summed E-state index contributed by atoms with van der Waals surface area (Å²) in [7, 11) is 0. The molecule has 0 aromatic carbocycles. The van der Waals surface area contributed by atoms with Gasteiger partial charge >= 0.3 is 5.91 Å². The molecule has 2 fully saturated rings. The fourth-order valence-electron chi connectivity index (χ4n) is 5.34. The van der Waals surface area contributed by atoms with Crippen molar-refractivity contribution >= 4 is 5.84 Å². The number of amidine groups is 1. The number of nitrogens with zero attached hydrogens (tertiary/aromatic N) is 2. The first-order chi connectivity index (χ1) is 11.0. The molecule has 6 heteroatoms. The molecule has 1 aliphatic heterocycles. The fraction of sp³-hybridized carbons (Fsp3) is 0.824. The van der Waals surface area contributed by atoms with Gasteiger partial charge in [-0.3, -0.25) is 5.73 Å². The molecule has 23 heavy (non-hydrogen) atoms. The summed E-state index contributed by atoms with van der Waals surface area (Å²) >= 11 is 0. The Balaban J connectivity index is 2.18. The third-order valence-electron chi connectivity index (χ3n) is 6.29. The molecule has 3 N–H and O–H groups in total. The van der Waals surface area contributed by atoms with E-state index >= 15 is 0 Å². The lowest BCUT2D eigenvalue weighted by atomic mass is 9.73. The van der Waals surface area contributed by atoms with Crippen molar-refractivity contribution < 1.29 is 14.5 Å². The van der Waals surface area contributed by atoms with E-state index in [1.165, 1.54) is 0 Å². The zero-order chi connectivity index (χ0) is 16.9. The van der Waals surface area contributed by atoms with Crippen LogP contribution in [0.25, 0.3) is 0 Å². The predicted octanol–water partition coefficient (Wildman–Crippen LogP) is 0.395. The van der Waals surface area contributed by atoms with Gasteiger partial charge in [0.1, 0.15) is 0 Å². The minimum absolute atomic E-state index is 0.331. The summed E-state index contributed by atoms with van der Waals surface area (Å²) in [4.78, 5) is 3.04. The van der Waals surface area contributed by atoms with Gasteiger partial charge in [-0.05, 0) is 32.6 Å². The van der Waals surface area contributed by atoms with Gasteiger partial charge in [-0.25, -0.2) is 4.99 Å². The quantitative estimate of drug-likeness (QED) is 0.730. The molecule has 0 unspecified atom stereocenters. The molecule has 0 saturated heterocycles. The van der Waals surface area contributed by atoms with E-state index in [1.54, 1.807) is 0 Å². The summed E-state index contributed by atoms with van der Waals surface area (Å²) in [6, 6.07) is 4.83. The second-order valence-electron chi connectivity index (χ2n) is 7.01. The summed E-state index contributed by atoms with van der Waals surface area (Å²) in [5.74, 6) is -0.389. The number of ether oxygens (including phenoxy) is 2. The molecular weight excluding hydrogens is 292 g/mol. The third kappa shape index (κ3) is 1.43. The number of hydrogen-bond donors (Lipinski definition) is 2. The number of nitriles is 2. The number of rotatable bonds is 4. The molecule has 3 rings (SSSR count). The summed E-state index contributed by atoms with van der Waals surface area (Å²) in [5.41, 5.74) is 3.68. The van der Waals surface area contributed by atoms with Gasteiger partial charge < -0.3 is 9.47 Å². The van der Waals surface area contributed by atoms with Gasteiger partial charge in [-0.1, -0.05) is 19.8 Å². The van der Waals surface area contributed by atoms with Crippen LogP contribution in [0.15, 0.2) is 0 Å². The normalized spacial score (nSPS) is 43.3. The first-order valence-corrected chi connectivity index (χ1v) is 8.49. The molecule has 6 nitrogen and oxygen atoms in total. The monoisotopic (exact) mass is 317 g/mol. The summed E-state index contributed by atoms with van der Waals surface area (Å²) in [5, 5.41) is 20.2. The maximum Gasteiger partial charge on any atom is 0.343 e. The van der Waals surface area contributed by atoms with Crippen LogP contribution in [-0.4, -0.2) is 25.0 Å². The molecule has 124 valence electrons. The van der Waals surface area contributed by atoms with E-state index < -0.39 is 22.2 Å². The average Bonchev–Trinajstić information content (AvgIpc) is 2.98. The Bertz CT molecular complexity index is 617. The number of nitrogens with one attached hydrogen (secondary N) is 1. The smallest absolute Gasteiger partial charge is 0.314 e. The number of fused-ring (bicyclic) bond motifs is 3. The summed E-state index contributed by atoms with van der Waals surface area (Å²) < 4.78 is 11.8. The van der Waals surface area contributed by atoms with Crippen molar-refractivity contribution in [1.29, 1.82) is 10.5 Å². The topological polar surface area (TPSA) is 106 Å². The van der Waals surface area contributed by atoms with Crippen LogP contribution in [0.4, 0.5) is 0 Å². The Hall–Kier alpha value is -1.63. The highest BCUT2D eigenvalue weighted by molar-refractivity contribution is 5.95. The van der Waals surface area contributed by atoms with Gasteiger partial charge in [0.25, 0.3) is 5.84 Å². The Morgan fingerprint density at radius 1 is 1.17 bits per heavy atom. The molecule has 2 saturated carbocycles. The number of hydrogen-bond acceptors (Lipinski definition) is 5. The van der Waals surface area contributed by atoms with Crippen LogP contribution in [-0.2, 0) is 9.47 Å². The van der Waals surface area contributed by atoms with Crippen LogP contribution in [0.2, 0.25) is 0 Å². The highest BCUT2D eigenvalue weighted by atomic mass is 16.7. The van der Waals surface area contributed by atoms with Crippen LogP contribution in [0, 0.1) is 44.8 Å². The van der Waals surface area contributed by atoms with E-state index in [4.69, 9.17) is 15.2 Å². The predicted molar refractivity (Wildman–Crippen MR) is 82.3 cm³/mol. The van der Waals surface area contributed by atoms with Crippen molar-refractivity contribution in [2.45, 2.75) is 52.4 Å². The van der Waals surface area contributed by atoms with Crippen LogP contribution in [0.1, 0.15) is 46.5 Å². The zero-order valence-electron chi connectivity index (χ0n) is 14.1. The van der Waals surface area contributed by atoms with Crippen LogP contribution < -0.4 is 10.7 Å². The van der Waals surface area contributed by atoms with Crippen molar-refractivity contribution in [3.05, 3.63) is 0 Å². The molecule has 0 aromatic heterocycles. The molecule has 0 amide bonds. The van der Waals surface area contributed by atoms with Gasteiger partial charge in [0, 0.05) is 5.41 Å². The van der Waals surface area contributed by atoms with Crippen molar-refractivity contribution in [1.82, 2.24) is 0 Å². The zero-order valence-corrected chi connectivity index (χ0v) is 14.1. The highest BCUT2D eigenvalue weighted by Gasteiger charge is 3.03. The number of nitrogens with two attached hydrogens (primary N) is 1. The Labute approximate surface area is 137 Å². The van der Waals surface area contributed by atoms with E-state index in [2.05, 4.69) is 24.1 Å². The van der Waals surface area contributed by atoms with Crippen molar-refractivity contribution in [3.8, 4) is 12.1 Å². The minimum atomic E-state index is -1.33. The van der Waals surface area contributed by atoms with Crippen LogP contribution >= 0.6 is 0 Å². The lowest BCUT2D eigenvalue weighted by Crippen LogP contribution is -2.91. The molecule has 0 aromatic rings. The minimum Gasteiger partial charge on any atom is -0.314 e. The second kappa shape index (κ2) is 4.93. The van der Waals surface area contributed by atoms with Gasteiger partial charge in [-0.2, -0.15) is 10.5 Å². The first-order valence-electron chi connectivity index (χ1n) is 8.49. The van der Waals surface area contributed by atoms with Gasteiger partial charge in [0.2, 0.25) is 0 Å². The highest BCUT2D eigenvalue weighted by Crippen LogP contribution is 2.86. The lowest BCUT2D eigenvalue weighted by Gasteiger charge is -2.36. The molecule has 2 aliphatic carbocycles. The average molecular weight is 317 g/mol. The second-order valence-corrected chi connectivity index (χ2v) is 7.01. The van der Waals surface area contributed by atoms with Crippen molar-refractivity contribution in [3.63, 3.8) is 0 Å². The Kier molecular flexibility index (Phi) is 3.48. The van der Waals surface area contributed by atoms with Crippen molar-refractivity contribution in [2.75, 3.05) is 13.2 Å². The molecule has 2 atom stereocenters. The van der Waals surface area contributed by atoms with Crippen molar-refractivity contribution in [2.24, 2.45) is 27.9 Å². The summed E-state index contributed by atoms with van der Waals surface area (Å²) in [6.07, 6.45) is 3.60. The van der Waals surface area contributed by atoms with E-state index in [9.17, 15) is 10.5 Å².